The van der Waals surface area contributed by atoms with Crippen molar-refractivity contribution in [1.82, 2.24) is 39.8 Å². The van der Waals surface area contributed by atoms with Crippen molar-refractivity contribution >= 4 is 11.5 Å². The van der Waals surface area contributed by atoms with Gasteiger partial charge in [-0.05, 0) is 41.5 Å². The van der Waals surface area contributed by atoms with Gasteiger partial charge in [0.15, 0.2) is 11.6 Å². The van der Waals surface area contributed by atoms with Gasteiger partial charge in [-0.25, -0.2) is 4.98 Å². The molecule has 0 radical (unpaired) electrons. The van der Waals surface area contributed by atoms with Crippen LogP contribution in [-0.2, 0) is 13.0 Å². The third kappa shape index (κ3) is 3.17. The fraction of sp³-hybridized carbons (Fsp3) is 0.150. The first-order valence-corrected chi connectivity index (χ1v) is 9.51. The highest BCUT2D eigenvalue weighted by atomic mass is 19.1. The Morgan fingerprint density at radius 1 is 1.10 bits per heavy atom. The fourth-order valence-corrected chi connectivity index (χ4v) is 3.35. The lowest BCUT2D eigenvalue weighted by Crippen LogP contribution is -2.07. The molecule has 0 aliphatic carbocycles. The van der Waals surface area contributed by atoms with Gasteiger partial charge in [-0.3, -0.25) is 4.57 Å². The molecule has 5 rings (SSSR count). The number of hydrogen-bond donors (Lipinski definition) is 2. The van der Waals surface area contributed by atoms with E-state index in [9.17, 15) is 4.39 Å². The third-order valence-electron chi connectivity index (χ3n) is 4.85. The van der Waals surface area contributed by atoms with Crippen LogP contribution in [0.15, 0.2) is 54.7 Å². The molecule has 0 bridgehead atoms. The number of aromatic nitrogens is 8. The van der Waals surface area contributed by atoms with Gasteiger partial charge in [-0.1, -0.05) is 19.1 Å². The van der Waals surface area contributed by atoms with E-state index in [1.807, 2.05) is 36.4 Å². The molecule has 0 fully saturated rings. The minimum absolute atomic E-state index is 0.331. The summed E-state index contributed by atoms with van der Waals surface area (Å²) in [5.41, 5.74) is 4.05. The van der Waals surface area contributed by atoms with Crippen LogP contribution >= 0.6 is 0 Å². The lowest BCUT2D eigenvalue weighted by atomic mass is 10.2. The zero-order valence-electron chi connectivity index (χ0n) is 16.1. The second kappa shape index (κ2) is 7.39. The summed E-state index contributed by atoms with van der Waals surface area (Å²) >= 11 is 0. The summed E-state index contributed by atoms with van der Waals surface area (Å²) in [7, 11) is 0. The van der Waals surface area contributed by atoms with Gasteiger partial charge in [-0.15, -0.1) is 10.2 Å². The number of tetrazole rings is 1. The van der Waals surface area contributed by atoms with Crippen LogP contribution in [0.2, 0.25) is 0 Å². The van der Waals surface area contributed by atoms with Gasteiger partial charge in [0.1, 0.15) is 5.82 Å². The first-order valence-electron chi connectivity index (χ1n) is 9.51. The topological polar surface area (TPSA) is 102 Å². The Hall–Kier alpha value is -4.08. The van der Waals surface area contributed by atoms with E-state index in [0.717, 1.165) is 29.1 Å². The number of aryl methyl sites for hydroxylation is 1. The van der Waals surface area contributed by atoms with Crippen molar-refractivity contribution < 1.29 is 4.39 Å². The third-order valence-corrected chi connectivity index (χ3v) is 4.85. The normalized spacial score (nSPS) is 11.3. The zero-order chi connectivity index (χ0) is 20.5. The van der Waals surface area contributed by atoms with Gasteiger partial charge in [0.05, 0.1) is 11.9 Å². The monoisotopic (exact) mass is 403 g/mol. The van der Waals surface area contributed by atoms with E-state index in [1.165, 1.54) is 10.6 Å². The van der Waals surface area contributed by atoms with Crippen LogP contribution in [0.3, 0.4) is 0 Å². The lowest BCUT2D eigenvalue weighted by molar-refractivity contribution is 0.561. The number of H-pyrrole nitrogens is 1. The van der Waals surface area contributed by atoms with Crippen LogP contribution in [0.5, 0.6) is 0 Å². The molecule has 0 atom stereocenters. The second-order valence-corrected chi connectivity index (χ2v) is 6.72. The minimum atomic E-state index is -0.398. The van der Waals surface area contributed by atoms with Crippen LogP contribution in [0.1, 0.15) is 18.2 Å². The van der Waals surface area contributed by atoms with E-state index in [1.54, 1.807) is 16.8 Å². The molecule has 9 nitrogen and oxygen atoms in total. The molecule has 150 valence electrons. The molecule has 4 heterocycles. The first-order chi connectivity index (χ1) is 14.7. The molecule has 5 aromatic rings. The Bertz CT molecular complexity index is 1290. The maximum absolute atomic E-state index is 14.4. The predicted molar refractivity (Wildman–Crippen MR) is 109 cm³/mol. The Kier molecular flexibility index (Phi) is 4.43. The molecule has 0 spiro atoms. The SMILES string of the molecule is CCc1cc(NCc2ccc(-n3c(F)ccc3-c3nn[nH]n3)cc2)n2nccc2n1. The van der Waals surface area contributed by atoms with Gasteiger partial charge in [-0.2, -0.15) is 19.2 Å². The number of nitrogens with one attached hydrogen (secondary N) is 2. The molecule has 0 saturated carbocycles. The Morgan fingerprint density at radius 2 is 1.97 bits per heavy atom. The van der Waals surface area contributed by atoms with Gasteiger partial charge < -0.3 is 5.32 Å². The molecular weight excluding hydrogens is 385 g/mol. The molecular formula is C20H18FN9. The van der Waals surface area contributed by atoms with Crippen LogP contribution in [0, 0.1) is 5.95 Å². The van der Waals surface area contributed by atoms with Gasteiger partial charge in [0, 0.05) is 30.1 Å². The molecule has 4 aromatic heterocycles. The largest absolute Gasteiger partial charge is 0.366 e. The highest BCUT2D eigenvalue weighted by Crippen LogP contribution is 2.23. The van der Waals surface area contributed by atoms with E-state index >= 15 is 0 Å². The predicted octanol–water partition coefficient (Wildman–Crippen LogP) is 3.01. The van der Waals surface area contributed by atoms with E-state index in [2.05, 4.69) is 42.9 Å². The molecule has 0 aliphatic rings. The summed E-state index contributed by atoms with van der Waals surface area (Å²) in [5.74, 6) is 0.810. The van der Waals surface area contributed by atoms with Crippen molar-refractivity contribution in [3.63, 3.8) is 0 Å². The standard InChI is InChI=1S/C20H18FN9/c1-2-14-11-19(30-18(24-14)9-10-23-30)22-12-13-3-5-15(6-4-13)29-16(7-8-17(29)21)20-25-27-28-26-20/h3-11,22H,2,12H2,1H3,(H,25,26,27,28). The number of benzene rings is 1. The smallest absolute Gasteiger partial charge is 0.221 e. The number of rotatable bonds is 6. The zero-order valence-corrected chi connectivity index (χ0v) is 16.1. The number of anilines is 1. The summed E-state index contributed by atoms with van der Waals surface area (Å²) in [6.45, 7) is 2.66. The van der Waals surface area contributed by atoms with Gasteiger partial charge in [0.25, 0.3) is 0 Å². The summed E-state index contributed by atoms with van der Waals surface area (Å²) in [5, 5.41) is 21.6. The molecule has 30 heavy (non-hydrogen) atoms. The van der Waals surface area contributed by atoms with Crippen molar-refractivity contribution in [2.24, 2.45) is 0 Å². The first kappa shape index (κ1) is 18.0. The quantitative estimate of drug-likeness (QED) is 0.452. The maximum Gasteiger partial charge on any atom is 0.221 e. The molecule has 0 aliphatic heterocycles. The number of nitrogens with zero attached hydrogens (tertiary/aromatic N) is 7. The van der Waals surface area contributed by atoms with Crippen LogP contribution in [0.25, 0.3) is 22.9 Å². The van der Waals surface area contributed by atoms with Crippen LogP contribution in [0.4, 0.5) is 10.2 Å². The van der Waals surface area contributed by atoms with E-state index in [-0.39, 0.29) is 0 Å². The maximum atomic E-state index is 14.4. The van der Waals surface area contributed by atoms with Crippen LogP contribution in [-0.4, -0.2) is 39.8 Å². The molecule has 0 unspecified atom stereocenters. The van der Waals surface area contributed by atoms with Crippen molar-refractivity contribution in [2.45, 2.75) is 19.9 Å². The molecule has 0 amide bonds. The summed E-state index contributed by atoms with van der Waals surface area (Å²) < 4.78 is 17.6. The highest BCUT2D eigenvalue weighted by Gasteiger charge is 2.15. The van der Waals surface area contributed by atoms with Crippen molar-refractivity contribution in [1.29, 1.82) is 0 Å². The van der Waals surface area contributed by atoms with Gasteiger partial charge >= 0.3 is 0 Å². The Morgan fingerprint density at radius 3 is 2.73 bits per heavy atom. The Labute approximate surface area is 170 Å². The summed E-state index contributed by atoms with van der Waals surface area (Å²) in [6.07, 6.45) is 2.57. The number of hydrogen-bond acceptors (Lipinski definition) is 6. The van der Waals surface area contributed by atoms with Crippen molar-refractivity contribution in [3.8, 4) is 17.2 Å². The average molecular weight is 403 g/mol. The molecule has 1 aromatic carbocycles. The minimum Gasteiger partial charge on any atom is -0.366 e. The number of fused-ring (bicyclic) bond motifs is 1. The lowest BCUT2D eigenvalue weighted by Gasteiger charge is -2.12. The van der Waals surface area contributed by atoms with E-state index in [0.29, 0.717) is 23.8 Å². The second-order valence-electron chi connectivity index (χ2n) is 6.72. The highest BCUT2D eigenvalue weighted by molar-refractivity contribution is 5.55. The van der Waals surface area contributed by atoms with Crippen molar-refractivity contribution in [3.05, 3.63) is 71.9 Å². The molecule has 0 saturated heterocycles. The summed E-state index contributed by atoms with van der Waals surface area (Å²) in [6, 6.07) is 14.5. The fourth-order valence-electron chi connectivity index (χ4n) is 3.35. The number of aromatic amines is 1. The average Bonchev–Trinajstić information content (AvgIpc) is 3.52. The van der Waals surface area contributed by atoms with Gasteiger partial charge in [0.2, 0.25) is 5.82 Å². The van der Waals surface area contributed by atoms with Crippen LogP contribution < -0.4 is 5.32 Å². The molecule has 10 heteroatoms. The van der Waals surface area contributed by atoms with E-state index in [4.69, 9.17) is 0 Å². The van der Waals surface area contributed by atoms with E-state index < -0.39 is 5.95 Å². The number of halogens is 1. The molecule has 2 N–H and O–H groups in total. The Balaban J connectivity index is 1.39. The summed E-state index contributed by atoms with van der Waals surface area (Å²) in [4.78, 5) is 4.55. The van der Waals surface area contributed by atoms with Crippen molar-refractivity contribution in [2.75, 3.05) is 5.32 Å².